The predicted octanol–water partition coefficient (Wildman–Crippen LogP) is 1.40. The number of aldehydes is 1. The smallest absolute Gasteiger partial charge is 0.258 e. The summed E-state index contributed by atoms with van der Waals surface area (Å²) in [5.74, 6) is 0.241. The number of hydrogen-bond acceptors (Lipinski definition) is 4. The second-order valence-electron chi connectivity index (χ2n) is 3.43. The summed E-state index contributed by atoms with van der Waals surface area (Å²) in [6, 6.07) is 4.95. The van der Waals surface area contributed by atoms with E-state index in [1.807, 2.05) is 0 Å². The van der Waals surface area contributed by atoms with Gasteiger partial charge in [-0.25, -0.2) is 0 Å². The summed E-state index contributed by atoms with van der Waals surface area (Å²) in [7, 11) is 1.56. The van der Waals surface area contributed by atoms with Crippen LogP contribution in [-0.2, 0) is 9.53 Å². The average molecular weight is 316 g/mol. The van der Waals surface area contributed by atoms with E-state index in [2.05, 4.69) is 21.2 Å². The molecule has 0 radical (unpaired) electrons. The fourth-order valence-electron chi connectivity index (χ4n) is 1.19. The zero-order valence-electron chi connectivity index (χ0n) is 9.94. The van der Waals surface area contributed by atoms with E-state index >= 15 is 0 Å². The molecule has 0 saturated heterocycles. The third-order valence-corrected chi connectivity index (χ3v) is 2.81. The minimum Gasteiger partial charge on any atom is -0.484 e. The molecule has 0 aromatic heterocycles. The van der Waals surface area contributed by atoms with Crippen LogP contribution in [0.25, 0.3) is 0 Å². The molecule has 0 bridgehead atoms. The molecule has 1 rings (SSSR count). The van der Waals surface area contributed by atoms with E-state index in [1.54, 1.807) is 25.3 Å². The number of hydrogen-bond donors (Lipinski definition) is 1. The lowest BCUT2D eigenvalue weighted by Crippen LogP contribution is -2.31. The summed E-state index contributed by atoms with van der Waals surface area (Å²) in [6.45, 7) is 0.807. The van der Waals surface area contributed by atoms with Crippen LogP contribution in [0.1, 0.15) is 10.4 Å². The van der Waals surface area contributed by atoms with E-state index in [9.17, 15) is 9.59 Å². The third-order valence-electron chi connectivity index (χ3n) is 2.09. The molecule has 0 fully saturated rings. The Kier molecular flexibility index (Phi) is 6.38. The summed E-state index contributed by atoms with van der Waals surface area (Å²) in [5, 5.41) is 2.63. The van der Waals surface area contributed by atoms with Crippen LogP contribution in [0.15, 0.2) is 22.7 Å². The van der Waals surface area contributed by atoms with Crippen LogP contribution in [0.4, 0.5) is 0 Å². The van der Waals surface area contributed by atoms with Crippen LogP contribution in [0.3, 0.4) is 0 Å². The zero-order valence-corrected chi connectivity index (χ0v) is 11.5. The lowest BCUT2D eigenvalue weighted by atomic mass is 10.2. The zero-order chi connectivity index (χ0) is 13.4. The summed E-state index contributed by atoms with van der Waals surface area (Å²) < 4.78 is 10.8. The third kappa shape index (κ3) is 4.85. The lowest BCUT2D eigenvalue weighted by Gasteiger charge is -2.08. The highest BCUT2D eigenvalue weighted by molar-refractivity contribution is 9.10. The van der Waals surface area contributed by atoms with Gasteiger partial charge >= 0.3 is 0 Å². The van der Waals surface area contributed by atoms with Crippen molar-refractivity contribution in [1.29, 1.82) is 0 Å². The van der Waals surface area contributed by atoms with E-state index in [0.717, 1.165) is 6.29 Å². The van der Waals surface area contributed by atoms with E-state index in [1.165, 1.54) is 0 Å². The first-order valence-electron chi connectivity index (χ1n) is 5.30. The van der Waals surface area contributed by atoms with Crippen molar-refractivity contribution in [3.8, 4) is 5.75 Å². The molecule has 5 nitrogen and oxygen atoms in total. The maximum Gasteiger partial charge on any atom is 0.258 e. The Morgan fingerprint density at radius 2 is 2.28 bits per heavy atom. The van der Waals surface area contributed by atoms with Gasteiger partial charge in [-0.15, -0.1) is 0 Å². The van der Waals surface area contributed by atoms with Gasteiger partial charge in [0.15, 0.2) is 12.9 Å². The first-order valence-corrected chi connectivity index (χ1v) is 6.10. The van der Waals surface area contributed by atoms with Crippen molar-refractivity contribution in [3.63, 3.8) is 0 Å². The quantitative estimate of drug-likeness (QED) is 0.610. The van der Waals surface area contributed by atoms with Crippen LogP contribution in [-0.4, -0.2) is 39.1 Å². The van der Waals surface area contributed by atoms with Gasteiger partial charge in [0.2, 0.25) is 0 Å². The molecule has 1 aromatic rings. The van der Waals surface area contributed by atoms with Gasteiger partial charge in [-0.2, -0.15) is 0 Å². The molecule has 0 atom stereocenters. The number of benzene rings is 1. The van der Waals surface area contributed by atoms with Crippen LogP contribution < -0.4 is 10.1 Å². The standard InChI is InChI=1S/C12H14BrNO4/c1-17-5-4-14-12(16)8-18-10-2-3-11(13)9(6-10)7-15/h2-3,6-7H,4-5,8H2,1H3,(H,14,16). The molecule has 0 aliphatic heterocycles. The molecule has 0 aliphatic carbocycles. The van der Waals surface area contributed by atoms with E-state index in [-0.39, 0.29) is 12.5 Å². The molecule has 0 saturated carbocycles. The Morgan fingerprint density at radius 1 is 1.50 bits per heavy atom. The van der Waals surface area contributed by atoms with Gasteiger partial charge < -0.3 is 14.8 Å². The minimum absolute atomic E-state index is 0.0936. The maximum atomic E-state index is 11.3. The Labute approximate surface area is 114 Å². The molecule has 0 aliphatic rings. The van der Waals surface area contributed by atoms with Gasteiger partial charge in [0.05, 0.1) is 6.61 Å². The van der Waals surface area contributed by atoms with Crippen LogP contribution >= 0.6 is 15.9 Å². The van der Waals surface area contributed by atoms with Gasteiger partial charge in [0.25, 0.3) is 5.91 Å². The first-order chi connectivity index (χ1) is 8.67. The number of halogens is 1. The number of rotatable bonds is 7. The van der Waals surface area contributed by atoms with Crippen molar-refractivity contribution in [2.75, 3.05) is 26.9 Å². The van der Waals surface area contributed by atoms with Gasteiger partial charge in [-0.3, -0.25) is 9.59 Å². The minimum atomic E-state index is -0.234. The van der Waals surface area contributed by atoms with Crippen molar-refractivity contribution in [2.45, 2.75) is 0 Å². The van der Waals surface area contributed by atoms with Crippen LogP contribution in [0.5, 0.6) is 5.75 Å². The van der Waals surface area contributed by atoms with Crippen LogP contribution in [0, 0.1) is 0 Å². The molecule has 98 valence electrons. The number of carbonyl (C=O) groups excluding carboxylic acids is 2. The second-order valence-corrected chi connectivity index (χ2v) is 4.29. The first kappa shape index (κ1) is 14.7. The highest BCUT2D eigenvalue weighted by Gasteiger charge is 2.04. The molecule has 0 spiro atoms. The highest BCUT2D eigenvalue weighted by atomic mass is 79.9. The molecular weight excluding hydrogens is 302 g/mol. The van der Waals surface area contributed by atoms with Crippen molar-refractivity contribution >= 4 is 28.1 Å². The number of amides is 1. The number of methoxy groups -OCH3 is 1. The van der Waals surface area contributed by atoms with Gasteiger partial charge in [0.1, 0.15) is 5.75 Å². The fraction of sp³-hybridized carbons (Fsp3) is 0.333. The van der Waals surface area contributed by atoms with Gasteiger partial charge in [0, 0.05) is 23.7 Å². The molecule has 0 unspecified atom stereocenters. The molecule has 0 heterocycles. The second kappa shape index (κ2) is 7.84. The number of ether oxygens (including phenoxy) is 2. The van der Waals surface area contributed by atoms with E-state index < -0.39 is 0 Å². The van der Waals surface area contributed by atoms with Crippen molar-refractivity contribution in [2.24, 2.45) is 0 Å². The fourth-order valence-corrected chi connectivity index (χ4v) is 1.53. The SMILES string of the molecule is COCCNC(=O)COc1ccc(Br)c(C=O)c1. The van der Waals surface area contributed by atoms with Gasteiger partial charge in [-0.1, -0.05) is 15.9 Å². The van der Waals surface area contributed by atoms with Crippen molar-refractivity contribution < 1.29 is 19.1 Å². The summed E-state index contributed by atoms with van der Waals surface area (Å²) >= 11 is 3.23. The largest absolute Gasteiger partial charge is 0.484 e. The number of carbonyl (C=O) groups is 2. The molecule has 1 N–H and O–H groups in total. The normalized spacial score (nSPS) is 9.89. The molecule has 18 heavy (non-hydrogen) atoms. The Hall–Kier alpha value is -1.40. The predicted molar refractivity (Wildman–Crippen MR) is 69.9 cm³/mol. The topological polar surface area (TPSA) is 64.6 Å². The maximum absolute atomic E-state index is 11.3. The summed E-state index contributed by atoms with van der Waals surface area (Å²) in [5.41, 5.74) is 0.479. The Balaban J connectivity index is 2.43. The number of nitrogens with one attached hydrogen (secondary N) is 1. The Bertz CT molecular complexity index is 423. The van der Waals surface area contributed by atoms with Crippen molar-refractivity contribution in [3.05, 3.63) is 28.2 Å². The van der Waals surface area contributed by atoms with E-state index in [4.69, 9.17) is 9.47 Å². The van der Waals surface area contributed by atoms with Crippen LogP contribution in [0.2, 0.25) is 0 Å². The lowest BCUT2D eigenvalue weighted by molar-refractivity contribution is -0.123. The highest BCUT2D eigenvalue weighted by Crippen LogP contribution is 2.20. The molecular formula is C12H14BrNO4. The molecule has 1 aromatic carbocycles. The molecule has 6 heteroatoms. The Morgan fingerprint density at radius 3 is 2.94 bits per heavy atom. The average Bonchev–Trinajstić information content (AvgIpc) is 2.38. The summed E-state index contributed by atoms with van der Waals surface area (Å²) in [4.78, 5) is 22.1. The molecule has 1 amide bonds. The van der Waals surface area contributed by atoms with E-state index in [0.29, 0.717) is 28.9 Å². The monoisotopic (exact) mass is 315 g/mol. The van der Waals surface area contributed by atoms with Crippen molar-refractivity contribution in [1.82, 2.24) is 5.32 Å². The summed E-state index contributed by atoms with van der Waals surface area (Å²) in [6.07, 6.45) is 0.718. The van der Waals surface area contributed by atoms with Gasteiger partial charge in [-0.05, 0) is 18.2 Å².